The average Bonchev–Trinajstić information content (AvgIpc) is 3.54. The summed E-state index contributed by atoms with van der Waals surface area (Å²) in [6.45, 7) is 9.11. The molecule has 488 valence electrons. The summed E-state index contributed by atoms with van der Waals surface area (Å²) in [7, 11) is 0. The molecule has 0 aromatic rings. The van der Waals surface area contributed by atoms with Crippen LogP contribution in [-0.2, 0) is 57.5 Å². The summed E-state index contributed by atoms with van der Waals surface area (Å²) in [6.07, 6.45) is -1.90. The summed E-state index contributed by atoms with van der Waals surface area (Å²) in [5.74, 6) is -17.3. The van der Waals surface area contributed by atoms with Crippen LogP contribution >= 0.6 is 0 Å². The summed E-state index contributed by atoms with van der Waals surface area (Å²) in [5.41, 5.74) is 44.1. The fraction of sp³-hybridized carbons (Fsp3) is 0.727. The van der Waals surface area contributed by atoms with Gasteiger partial charge in [0.25, 0.3) is 0 Å². The molecule has 0 radical (unpaired) electrons. The van der Waals surface area contributed by atoms with Crippen LogP contribution in [0.2, 0.25) is 0 Å². The number of aliphatic hydroxyl groups is 1. The highest BCUT2D eigenvalue weighted by atomic mass is 16.4. The van der Waals surface area contributed by atoms with E-state index in [9.17, 15) is 72.9 Å². The number of nitrogens with zero attached hydrogens (tertiary/aromatic N) is 3. The number of nitrogens with one attached hydrogen (secondary N) is 5. The summed E-state index contributed by atoms with van der Waals surface area (Å²) < 4.78 is 0. The number of hydrogen-bond acceptors (Lipinski definition) is 17. The van der Waals surface area contributed by atoms with Gasteiger partial charge in [0.2, 0.25) is 35.4 Å². The van der Waals surface area contributed by atoms with Gasteiger partial charge in [-0.05, 0) is 76.2 Å². The van der Waals surface area contributed by atoms with Crippen LogP contribution in [0, 0.1) is 41.4 Å². The van der Waals surface area contributed by atoms with E-state index in [0.29, 0.717) is 32.1 Å². The fourth-order valence-corrected chi connectivity index (χ4v) is 9.05. The minimum Gasteiger partial charge on any atom is -0.481 e. The van der Waals surface area contributed by atoms with Gasteiger partial charge in [-0.2, -0.15) is 0 Å². The Morgan fingerprint density at radius 3 is 1.33 bits per heavy atom. The standard InChI is InChI=1S/C55H98N16O15/c1-7-30(4)35(52(86)71-46(29(2)3)47(57)81)26-43(76)38(27-45(79)80)69-49(83)32(6)23-40(73)39(28-72)70-51(85)34(15-11-21-65-54(60)61)25-41(74)36(16-12-22-66-55(62)63)68-50(84)33(14-8-9-19-56)24-42(75)37(17-18-44(77)78)67-48(82)31(5)13-10-20-64-53(58)59/h29-39,46,72H,7-28,56H2,1-6H3,(H2,57,81)(H,67,82)(H,68,84)(H,69,83)(H,70,85)(H,71,86)(H,77,78)(H,79,80)(H4,58,59,64)(H4,60,61,65)(H4,62,63,66)/t30-,31-,32+,33+,34+,35-,36-,37-,38-,39-,46-/m0/s1. The fourth-order valence-electron chi connectivity index (χ4n) is 9.05. The number of aliphatic imine (C=N–C) groups is 3. The van der Waals surface area contributed by atoms with Crippen LogP contribution in [0.15, 0.2) is 15.0 Å². The molecule has 31 nitrogen and oxygen atoms in total. The van der Waals surface area contributed by atoms with Crippen molar-refractivity contribution in [2.45, 2.75) is 181 Å². The number of guanidine groups is 3. The van der Waals surface area contributed by atoms with Crippen molar-refractivity contribution < 1.29 is 72.9 Å². The van der Waals surface area contributed by atoms with Crippen molar-refractivity contribution in [3.63, 3.8) is 0 Å². The predicted molar refractivity (Wildman–Crippen MR) is 319 cm³/mol. The Kier molecular flexibility index (Phi) is 38.2. The van der Waals surface area contributed by atoms with Crippen molar-refractivity contribution in [2.75, 3.05) is 32.8 Å². The number of hydrogen-bond donors (Lipinski definition) is 16. The van der Waals surface area contributed by atoms with Crippen LogP contribution in [0.3, 0.4) is 0 Å². The summed E-state index contributed by atoms with van der Waals surface area (Å²) >= 11 is 0. The van der Waals surface area contributed by atoms with Crippen molar-refractivity contribution in [3.8, 4) is 0 Å². The number of Topliss-reactive ketones (excluding diaryl/α,β-unsaturated/α-hetero) is 4. The number of nitrogens with two attached hydrogens (primary N) is 8. The van der Waals surface area contributed by atoms with Gasteiger partial charge in [0, 0.05) is 81.3 Å². The molecule has 0 aliphatic carbocycles. The topological polar surface area (TPSA) is 571 Å². The summed E-state index contributed by atoms with van der Waals surface area (Å²) in [5, 5.41) is 42.4. The smallest absolute Gasteiger partial charge is 0.305 e. The molecular weight excluding hydrogens is 1120 g/mol. The van der Waals surface area contributed by atoms with Gasteiger partial charge < -0.3 is 87.8 Å². The minimum absolute atomic E-state index is 0.00375. The maximum absolute atomic E-state index is 14.5. The molecule has 0 rings (SSSR count). The normalized spacial score (nSPS) is 14.9. The molecule has 0 unspecified atom stereocenters. The van der Waals surface area contributed by atoms with Crippen LogP contribution in [0.1, 0.15) is 151 Å². The van der Waals surface area contributed by atoms with Crippen LogP contribution in [0.5, 0.6) is 0 Å². The lowest BCUT2D eigenvalue weighted by Gasteiger charge is -2.27. The monoisotopic (exact) mass is 1220 g/mol. The molecule has 0 fully saturated rings. The van der Waals surface area contributed by atoms with E-state index in [-0.39, 0.29) is 82.6 Å². The van der Waals surface area contributed by atoms with Crippen molar-refractivity contribution in [1.82, 2.24) is 26.6 Å². The van der Waals surface area contributed by atoms with E-state index in [0.717, 1.165) is 0 Å². The molecule has 0 saturated carbocycles. The molecule has 0 aliphatic heterocycles. The number of rotatable bonds is 48. The second kappa shape index (κ2) is 42.1. The third-order valence-electron chi connectivity index (χ3n) is 14.5. The number of primary amides is 1. The highest BCUT2D eigenvalue weighted by Gasteiger charge is 2.37. The first kappa shape index (κ1) is 78.2. The van der Waals surface area contributed by atoms with E-state index >= 15 is 0 Å². The number of carbonyl (C=O) groups is 12. The average molecular weight is 1220 g/mol. The molecule has 0 heterocycles. The Morgan fingerprint density at radius 2 is 0.872 bits per heavy atom. The summed E-state index contributed by atoms with van der Waals surface area (Å²) in [6, 6.07) is -7.05. The maximum Gasteiger partial charge on any atom is 0.305 e. The first-order chi connectivity index (χ1) is 40.3. The van der Waals surface area contributed by atoms with Gasteiger partial charge in [0.05, 0.1) is 31.2 Å². The number of carbonyl (C=O) groups excluding carboxylic acids is 10. The second-order valence-electron chi connectivity index (χ2n) is 22.1. The van der Waals surface area contributed by atoms with Crippen molar-refractivity contribution in [2.24, 2.45) is 102 Å². The maximum atomic E-state index is 14.5. The lowest BCUT2D eigenvalue weighted by atomic mass is 9.84. The zero-order valence-electron chi connectivity index (χ0n) is 50.7. The first-order valence-electron chi connectivity index (χ1n) is 29.1. The number of aliphatic hydroxyl groups excluding tert-OH is 1. The van der Waals surface area contributed by atoms with Crippen molar-refractivity contribution >= 4 is 88.4 Å². The third kappa shape index (κ3) is 32.4. The third-order valence-corrected chi connectivity index (χ3v) is 14.5. The van der Waals surface area contributed by atoms with Gasteiger partial charge in [-0.25, -0.2) is 0 Å². The zero-order valence-corrected chi connectivity index (χ0v) is 50.7. The summed E-state index contributed by atoms with van der Waals surface area (Å²) in [4.78, 5) is 172. The first-order valence-corrected chi connectivity index (χ1v) is 29.1. The Morgan fingerprint density at radius 1 is 0.442 bits per heavy atom. The molecule has 0 aliphatic rings. The molecular formula is C55H98N16O15. The van der Waals surface area contributed by atoms with Crippen molar-refractivity contribution in [3.05, 3.63) is 0 Å². The Bertz CT molecular complexity index is 2360. The van der Waals surface area contributed by atoms with Crippen LogP contribution in [0.25, 0.3) is 0 Å². The number of ketones is 4. The second-order valence-corrected chi connectivity index (χ2v) is 22.1. The highest BCUT2D eigenvalue weighted by molar-refractivity contribution is 5.99. The molecule has 6 amide bonds. The largest absolute Gasteiger partial charge is 0.481 e. The van der Waals surface area contributed by atoms with Crippen LogP contribution < -0.4 is 72.5 Å². The Labute approximate surface area is 502 Å². The quantitative estimate of drug-likeness (QED) is 0.0166. The number of amides is 6. The van der Waals surface area contributed by atoms with Gasteiger partial charge in [-0.15, -0.1) is 0 Å². The molecule has 24 N–H and O–H groups in total. The zero-order chi connectivity index (χ0) is 65.8. The Hall–Kier alpha value is -7.83. The van der Waals surface area contributed by atoms with Gasteiger partial charge in [-0.1, -0.05) is 54.4 Å². The molecule has 0 bridgehead atoms. The molecule has 0 saturated heterocycles. The molecule has 0 aromatic carbocycles. The van der Waals surface area contributed by atoms with Gasteiger partial charge in [-0.3, -0.25) is 72.5 Å². The van der Waals surface area contributed by atoms with E-state index in [1.54, 1.807) is 34.6 Å². The van der Waals surface area contributed by atoms with E-state index in [1.807, 2.05) is 0 Å². The number of aliphatic carboxylic acids is 2. The van der Waals surface area contributed by atoms with E-state index in [2.05, 4.69) is 41.6 Å². The number of carboxylic acid groups (broad SMARTS) is 2. The Balaban J connectivity index is 6.83. The van der Waals surface area contributed by atoms with Crippen molar-refractivity contribution in [1.29, 1.82) is 0 Å². The number of unbranched alkanes of at least 4 members (excludes halogenated alkanes) is 1. The predicted octanol–water partition coefficient (Wildman–Crippen LogP) is -2.82. The molecule has 86 heavy (non-hydrogen) atoms. The number of carboxylic acids is 2. The molecule has 31 heteroatoms. The minimum atomic E-state index is -1.67. The van der Waals surface area contributed by atoms with E-state index in [4.69, 9.17) is 45.9 Å². The van der Waals surface area contributed by atoms with E-state index in [1.165, 1.54) is 6.92 Å². The van der Waals surface area contributed by atoms with Crippen LogP contribution in [-0.4, -0.2) is 167 Å². The molecule has 0 aromatic heterocycles. The molecule has 11 atom stereocenters. The van der Waals surface area contributed by atoms with Gasteiger partial charge >= 0.3 is 11.9 Å². The van der Waals surface area contributed by atoms with Gasteiger partial charge in [0.1, 0.15) is 12.1 Å². The molecule has 0 spiro atoms. The van der Waals surface area contributed by atoms with Gasteiger partial charge in [0.15, 0.2) is 41.0 Å². The lowest BCUT2D eigenvalue weighted by Crippen LogP contribution is -2.51. The lowest BCUT2D eigenvalue weighted by molar-refractivity contribution is -0.141. The SMILES string of the molecule is CC[C@H](C)[C@H](CC(=O)[C@H](CC(=O)O)NC(=O)[C@H](C)CC(=O)[C@H](CO)NC(=O)[C@H](CCCN=C(N)N)CC(=O)[C@H](CCCN=C(N)N)NC(=O)[C@H](CCCCN)CC(=O)[C@H](CCC(=O)O)NC(=O)[C@@H](C)CCCN=C(N)N)C(=O)N[C@H](C(N)=O)C(C)C. The highest BCUT2D eigenvalue weighted by Crippen LogP contribution is 2.24. The van der Waals surface area contributed by atoms with E-state index < -0.39 is 187 Å². The van der Waals surface area contributed by atoms with Crippen LogP contribution in [0.4, 0.5) is 0 Å².